The largest absolute Gasteiger partial charge is 0.387 e. The van der Waals surface area contributed by atoms with Gasteiger partial charge in [0.15, 0.2) is 0 Å². The highest BCUT2D eigenvalue weighted by Gasteiger charge is 2.11. The van der Waals surface area contributed by atoms with E-state index in [-0.39, 0.29) is 6.04 Å². The standard InChI is InChI=1S/C9H12BrNO/c1-6(11)9(12)7-2-4-8(10)5-3-7/h2-6,9,12H,11H2,1H3/t6?,9-/m0/s1. The molecule has 0 heterocycles. The molecule has 1 unspecified atom stereocenters. The first kappa shape index (κ1) is 9.71. The summed E-state index contributed by atoms with van der Waals surface area (Å²) in [6.45, 7) is 1.78. The van der Waals surface area contributed by atoms with Crippen molar-refractivity contribution in [1.29, 1.82) is 0 Å². The zero-order chi connectivity index (χ0) is 9.14. The van der Waals surface area contributed by atoms with Crippen LogP contribution in [0.4, 0.5) is 0 Å². The fraction of sp³-hybridized carbons (Fsp3) is 0.333. The number of benzene rings is 1. The van der Waals surface area contributed by atoms with Gasteiger partial charge in [-0.3, -0.25) is 0 Å². The Bertz CT molecular complexity index is 245. The minimum absolute atomic E-state index is 0.230. The number of hydrogen-bond acceptors (Lipinski definition) is 2. The van der Waals surface area contributed by atoms with Crippen molar-refractivity contribution < 1.29 is 5.11 Å². The SMILES string of the molecule is CC(N)[C@H](O)c1ccc(Br)cc1. The van der Waals surface area contributed by atoms with Gasteiger partial charge in [-0.1, -0.05) is 28.1 Å². The molecule has 0 radical (unpaired) electrons. The molecular formula is C9H12BrNO. The molecule has 66 valence electrons. The van der Waals surface area contributed by atoms with Gasteiger partial charge in [-0.15, -0.1) is 0 Å². The lowest BCUT2D eigenvalue weighted by molar-refractivity contribution is 0.153. The molecule has 12 heavy (non-hydrogen) atoms. The van der Waals surface area contributed by atoms with Crippen LogP contribution in [0.1, 0.15) is 18.6 Å². The summed E-state index contributed by atoms with van der Waals surface area (Å²) in [5, 5.41) is 9.55. The third kappa shape index (κ3) is 2.30. The van der Waals surface area contributed by atoms with Crippen LogP contribution in [0.15, 0.2) is 28.7 Å². The fourth-order valence-electron chi connectivity index (χ4n) is 0.964. The molecule has 2 atom stereocenters. The highest BCUT2D eigenvalue weighted by atomic mass is 79.9. The molecule has 0 saturated heterocycles. The van der Waals surface area contributed by atoms with Crippen LogP contribution in [0.3, 0.4) is 0 Å². The lowest BCUT2D eigenvalue weighted by Crippen LogP contribution is -2.24. The number of nitrogens with two attached hydrogens (primary N) is 1. The predicted octanol–water partition coefficient (Wildman–Crippen LogP) is 1.83. The van der Waals surface area contributed by atoms with Gasteiger partial charge >= 0.3 is 0 Å². The molecule has 0 aliphatic carbocycles. The van der Waals surface area contributed by atoms with E-state index >= 15 is 0 Å². The second-order valence-electron chi connectivity index (χ2n) is 2.86. The van der Waals surface area contributed by atoms with Gasteiger partial charge in [-0.2, -0.15) is 0 Å². The van der Waals surface area contributed by atoms with Crippen LogP contribution in [0.2, 0.25) is 0 Å². The van der Waals surface area contributed by atoms with Crippen LogP contribution in [-0.4, -0.2) is 11.1 Å². The average molecular weight is 230 g/mol. The monoisotopic (exact) mass is 229 g/mol. The molecule has 0 aliphatic heterocycles. The molecule has 0 fully saturated rings. The molecular weight excluding hydrogens is 218 g/mol. The molecule has 0 bridgehead atoms. The van der Waals surface area contributed by atoms with Crippen LogP contribution in [-0.2, 0) is 0 Å². The highest BCUT2D eigenvalue weighted by molar-refractivity contribution is 9.10. The molecule has 1 aromatic rings. The summed E-state index contributed by atoms with van der Waals surface area (Å²) in [5.74, 6) is 0. The van der Waals surface area contributed by atoms with Gasteiger partial charge in [0.25, 0.3) is 0 Å². The Balaban J connectivity index is 2.82. The van der Waals surface area contributed by atoms with Crippen molar-refractivity contribution in [1.82, 2.24) is 0 Å². The Hall–Kier alpha value is -0.380. The molecule has 3 heteroatoms. The predicted molar refractivity (Wildman–Crippen MR) is 52.8 cm³/mol. The first-order valence-corrected chi connectivity index (χ1v) is 4.59. The smallest absolute Gasteiger partial charge is 0.0938 e. The maximum atomic E-state index is 9.55. The molecule has 1 aromatic carbocycles. The van der Waals surface area contributed by atoms with Gasteiger partial charge in [-0.25, -0.2) is 0 Å². The quantitative estimate of drug-likeness (QED) is 0.814. The van der Waals surface area contributed by atoms with E-state index in [0.29, 0.717) is 0 Å². The van der Waals surface area contributed by atoms with Gasteiger partial charge in [-0.05, 0) is 24.6 Å². The second kappa shape index (κ2) is 4.03. The van der Waals surface area contributed by atoms with E-state index in [4.69, 9.17) is 5.73 Å². The summed E-state index contributed by atoms with van der Waals surface area (Å²) in [4.78, 5) is 0. The Morgan fingerprint density at radius 3 is 2.25 bits per heavy atom. The van der Waals surface area contributed by atoms with Crippen LogP contribution < -0.4 is 5.73 Å². The topological polar surface area (TPSA) is 46.2 Å². The summed E-state index contributed by atoms with van der Waals surface area (Å²) < 4.78 is 1.00. The molecule has 0 saturated carbocycles. The van der Waals surface area contributed by atoms with Crippen molar-refractivity contribution in [3.05, 3.63) is 34.3 Å². The Morgan fingerprint density at radius 2 is 1.83 bits per heavy atom. The fourth-order valence-corrected chi connectivity index (χ4v) is 1.23. The van der Waals surface area contributed by atoms with Crippen molar-refractivity contribution in [2.24, 2.45) is 5.73 Å². The third-order valence-corrected chi connectivity index (χ3v) is 2.24. The Labute approximate surface area is 80.5 Å². The Morgan fingerprint density at radius 1 is 1.33 bits per heavy atom. The van der Waals surface area contributed by atoms with Crippen molar-refractivity contribution >= 4 is 15.9 Å². The summed E-state index contributed by atoms with van der Waals surface area (Å²) in [7, 11) is 0. The van der Waals surface area contributed by atoms with E-state index < -0.39 is 6.10 Å². The van der Waals surface area contributed by atoms with E-state index in [9.17, 15) is 5.11 Å². The van der Waals surface area contributed by atoms with Crippen LogP contribution in [0.5, 0.6) is 0 Å². The van der Waals surface area contributed by atoms with Crippen LogP contribution in [0.25, 0.3) is 0 Å². The number of rotatable bonds is 2. The lowest BCUT2D eigenvalue weighted by Gasteiger charge is -2.14. The second-order valence-corrected chi connectivity index (χ2v) is 3.77. The van der Waals surface area contributed by atoms with E-state index in [1.165, 1.54) is 0 Å². The molecule has 0 amide bonds. The summed E-state index contributed by atoms with van der Waals surface area (Å²) in [6.07, 6.45) is -0.571. The number of halogens is 1. The van der Waals surface area contributed by atoms with Crippen molar-refractivity contribution in [2.45, 2.75) is 19.1 Å². The lowest BCUT2D eigenvalue weighted by atomic mass is 10.0. The van der Waals surface area contributed by atoms with Crippen molar-refractivity contribution in [3.8, 4) is 0 Å². The zero-order valence-electron chi connectivity index (χ0n) is 6.87. The maximum absolute atomic E-state index is 9.55. The van der Waals surface area contributed by atoms with E-state index in [1.54, 1.807) is 6.92 Å². The average Bonchev–Trinajstić information content (AvgIpc) is 2.04. The summed E-state index contributed by atoms with van der Waals surface area (Å²) in [6, 6.07) is 7.27. The summed E-state index contributed by atoms with van der Waals surface area (Å²) in [5.41, 5.74) is 6.40. The maximum Gasteiger partial charge on any atom is 0.0938 e. The zero-order valence-corrected chi connectivity index (χ0v) is 8.45. The first-order valence-electron chi connectivity index (χ1n) is 3.80. The molecule has 0 spiro atoms. The minimum atomic E-state index is -0.571. The molecule has 0 aromatic heterocycles. The van der Waals surface area contributed by atoms with Gasteiger partial charge in [0.05, 0.1) is 6.10 Å². The molecule has 3 N–H and O–H groups in total. The van der Waals surface area contributed by atoms with E-state index in [0.717, 1.165) is 10.0 Å². The van der Waals surface area contributed by atoms with Crippen LogP contribution in [0, 0.1) is 0 Å². The number of aliphatic hydroxyl groups is 1. The van der Waals surface area contributed by atoms with E-state index in [2.05, 4.69) is 15.9 Å². The third-order valence-electron chi connectivity index (χ3n) is 1.71. The summed E-state index contributed by atoms with van der Waals surface area (Å²) >= 11 is 3.32. The van der Waals surface area contributed by atoms with Crippen LogP contribution >= 0.6 is 15.9 Å². The van der Waals surface area contributed by atoms with Crippen molar-refractivity contribution in [3.63, 3.8) is 0 Å². The minimum Gasteiger partial charge on any atom is -0.387 e. The normalized spacial score (nSPS) is 15.7. The number of aliphatic hydroxyl groups excluding tert-OH is 1. The number of hydrogen-bond donors (Lipinski definition) is 2. The molecule has 1 rings (SSSR count). The van der Waals surface area contributed by atoms with Gasteiger partial charge < -0.3 is 10.8 Å². The van der Waals surface area contributed by atoms with Gasteiger partial charge in [0, 0.05) is 10.5 Å². The molecule has 2 nitrogen and oxygen atoms in total. The van der Waals surface area contributed by atoms with E-state index in [1.807, 2.05) is 24.3 Å². The molecule has 0 aliphatic rings. The first-order chi connectivity index (χ1) is 5.61. The Kier molecular flexibility index (Phi) is 3.26. The van der Waals surface area contributed by atoms with Gasteiger partial charge in [0.1, 0.15) is 0 Å². The highest BCUT2D eigenvalue weighted by Crippen LogP contribution is 2.18. The van der Waals surface area contributed by atoms with Gasteiger partial charge in [0.2, 0.25) is 0 Å². The van der Waals surface area contributed by atoms with Crippen molar-refractivity contribution in [2.75, 3.05) is 0 Å².